The summed E-state index contributed by atoms with van der Waals surface area (Å²) in [7, 11) is 0. The van der Waals surface area contributed by atoms with Gasteiger partial charge >= 0.3 is 21.7 Å². The normalized spacial score (nSPS) is 13.8. The Kier molecular flexibility index (Phi) is 10.5. The van der Waals surface area contributed by atoms with Crippen LogP contribution in [-0.2, 0) is 27.1 Å². The second-order valence-electron chi connectivity index (χ2n) is 9.37. The second-order valence-corrected chi connectivity index (χ2v) is 9.37. The van der Waals surface area contributed by atoms with E-state index in [0.29, 0.717) is 5.75 Å². The maximum absolute atomic E-state index is 11.7. The monoisotopic (exact) mass is 526 g/mol. The topological polar surface area (TPSA) is 20.2 Å². The smallest absolute Gasteiger partial charge is 1.00 e. The number of aromatic hydroxyl groups is 1. The molecule has 0 spiro atoms. The van der Waals surface area contributed by atoms with Gasteiger partial charge in [-0.2, -0.15) is 0 Å². The van der Waals surface area contributed by atoms with Gasteiger partial charge in [0.2, 0.25) is 0 Å². The van der Waals surface area contributed by atoms with Crippen LogP contribution in [0, 0.1) is 0 Å². The molecule has 0 aliphatic heterocycles. The van der Waals surface area contributed by atoms with Gasteiger partial charge in [-0.3, -0.25) is 0 Å². The van der Waals surface area contributed by atoms with Gasteiger partial charge in [-0.1, -0.05) is 85.7 Å². The Morgan fingerprint density at radius 3 is 1.65 bits per heavy atom. The minimum absolute atomic E-state index is 0. The first-order chi connectivity index (χ1) is 14.7. The molecule has 0 radical (unpaired) electrons. The van der Waals surface area contributed by atoms with Crippen LogP contribution in [0.1, 0.15) is 64.2 Å². The van der Waals surface area contributed by atoms with Crippen molar-refractivity contribution >= 4 is 0 Å². The van der Waals surface area contributed by atoms with Crippen LogP contribution < -0.4 is 24.8 Å². The summed E-state index contributed by atoms with van der Waals surface area (Å²) in [5.41, 5.74) is 10.5. The first kappa shape index (κ1) is 30.3. The van der Waals surface area contributed by atoms with Crippen molar-refractivity contribution in [2.75, 3.05) is 0 Å². The van der Waals surface area contributed by atoms with E-state index >= 15 is 0 Å². The van der Waals surface area contributed by atoms with E-state index in [-0.39, 0.29) is 57.9 Å². The molecular weight excluding hydrogens is 495 g/mol. The van der Waals surface area contributed by atoms with Crippen LogP contribution in [0.3, 0.4) is 0 Å². The minimum atomic E-state index is -0.331. The van der Waals surface area contributed by atoms with Gasteiger partial charge in [0, 0.05) is 22.5 Å². The predicted molar refractivity (Wildman–Crippen MR) is 132 cm³/mol. The SMILES string of the molecule is CC1=C(C)C(c2cc(-c3ccccc3)cc(C(C)(C)c3ccccc3)c2O)C(C)=C1C.[Cl-].[Cl-].[Ti+2]. The molecule has 0 bridgehead atoms. The van der Waals surface area contributed by atoms with Crippen LogP contribution in [0.15, 0.2) is 95.1 Å². The molecule has 0 saturated carbocycles. The van der Waals surface area contributed by atoms with Crippen molar-refractivity contribution in [3.8, 4) is 16.9 Å². The summed E-state index contributed by atoms with van der Waals surface area (Å²) in [4.78, 5) is 0. The number of hydrogen-bond acceptors (Lipinski definition) is 1. The standard InChI is InChI=1S/C30H32O.2ClH.Ti/c1-19-20(2)22(4)28(21(19)3)26-17-24(23-13-9-7-10-14-23)18-27(29(26)31)30(5,6)25-15-11-8-12-16-25;;;/h7-18,28,31H,1-6H3;2*1H;/q;;;+2/p-2. The molecule has 0 amide bonds. The molecule has 1 nitrogen and oxygen atoms in total. The van der Waals surface area contributed by atoms with Gasteiger partial charge in [-0.25, -0.2) is 0 Å². The van der Waals surface area contributed by atoms with E-state index in [1.807, 2.05) is 12.1 Å². The van der Waals surface area contributed by atoms with Crippen molar-refractivity contribution in [3.05, 3.63) is 112 Å². The number of halogens is 2. The van der Waals surface area contributed by atoms with Crippen LogP contribution in [-0.4, -0.2) is 5.11 Å². The van der Waals surface area contributed by atoms with E-state index in [0.717, 1.165) is 16.7 Å². The zero-order valence-corrected chi connectivity index (χ0v) is 23.8. The number of allylic oxidation sites excluding steroid dienone is 4. The average Bonchev–Trinajstić information content (AvgIpc) is 2.98. The van der Waals surface area contributed by atoms with Crippen LogP contribution in [0.25, 0.3) is 11.1 Å². The van der Waals surface area contributed by atoms with E-state index < -0.39 is 0 Å². The molecule has 0 unspecified atom stereocenters. The van der Waals surface area contributed by atoms with Crippen molar-refractivity contribution in [3.63, 3.8) is 0 Å². The summed E-state index contributed by atoms with van der Waals surface area (Å²) in [6.45, 7) is 13.2. The Morgan fingerprint density at radius 1 is 0.676 bits per heavy atom. The number of rotatable bonds is 4. The third kappa shape index (κ3) is 5.24. The number of phenols is 1. The van der Waals surface area contributed by atoms with Crippen LogP contribution in [0.2, 0.25) is 0 Å². The minimum Gasteiger partial charge on any atom is -1.00 e. The quantitative estimate of drug-likeness (QED) is 0.516. The van der Waals surface area contributed by atoms with E-state index in [1.165, 1.54) is 33.4 Å². The first-order valence-electron chi connectivity index (χ1n) is 11.1. The molecule has 1 aliphatic rings. The third-order valence-electron chi connectivity index (χ3n) is 7.34. The molecule has 176 valence electrons. The Morgan fingerprint density at radius 2 is 1.15 bits per heavy atom. The van der Waals surface area contributed by atoms with Crippen LogP contribution in [0.4, 0.5) is 0 Å². The van der Waals surface area contributed by atoms with Gasteiger partial charge in [0.15, 0.2) is 0 Å². The van der Waals surface area contributed by atoms with Gasteiger partial charge in [0.05, 0.1) is 0 Å². The first-order valence-corrected chi connectivity index (χ1v) is 11.1. The average molecular weight is 527 g/mol. The fourth-order valence-electron chi connectivity index (χ4n) is 4.98. The molecule has 0 saturated heterocycles. The van der Waals surface area contributed by atoms with Gasteiger partial charge in [0.1, 0.15) is 5.75 Å². The fourth-order valence-corrected chi connectivity index (χ4v) is 4.98. The van der Waals surface area contributed by atoms with Gasteiger partial charge < -0.3 is 29.9 Å². The number of benzene rings is 3. The molecule has 0 heterocycles. The Balaban J connectivity index is 0.00000193. The molecule has 3 aromatic rings. The predicted octanol–water partition coefficient (Wildman–Crippen LogP) is 2.16. The Hall–Kier alpha value is -1.77. The summed E-state index contributed by atoms with van der Waals surface area (Å²) in [6.07, 6.45) is 0. The molecule has 4 rings (SSSR count). The van der Waals surface area contributed by atoms with E-state index in [2.05, 4.69) is 102 Å². The van der Waals surface area contributed by atoms with E-state index in [4.69, 9.17) is 0 Å². The zero-order valence-electron chi connectivity index (χ0n) is 20.7. The number of hydrogen-bond donors (Lipinski definition) is 1. The maximum atomic E-state index is 11.7. The summed E-state index contributed by atoms with van der Waals surface area (Å²) in [5, 5.41) is 11.7. The van der Waals surface area contributed by atoms with Crippen LogP contribution in [0.5, 0.6) is 5.75 Å². The maximum Gasteiger partial charge on any atom is 2.00 e. The summed E-state index contributed by atoms with van der Waals surface area (Å²) < 4.78 is 0. The molecule has 0 fully saturated rings. The van der Waals surface area contributed by atoms with Gasteiger partial charge in [0.25, 0.3) is 0 Å². The van der Waals surface area contributed by atoms with E-state index in [1.54, 1.807) is 0 Å². The van der Waals surface area contributed by atoms with Crippen molar-refractivity contribution < 1.29 is 51.6 Å². The summed E-state index contributed by atoms with van der Waals surface area (Å²) in [5.74, 6) is 0.536. The molecule has 34 heavy (non-hydrogen) atoms. The fraction of sp³-hybridized carbons (Fsp3) is 0.267. The largest absolute Gasteiger partial charge is 2.00 e. The van der Waals surface area contributed by atoms with Crippen molar-refractivity contribution in [2.45, 2.75) is 52.9 Å². The Labute approximate surface area is 232 Å². The molecule has 0 atom stereocenters. The van der Waals surface area contributed by atoms with Gasteiger partial charge in [-0.15, -0.1) is 0 Å². The van der Waals surface area contributed by atoms with Crippen molar-refractivity contribution in [1.29, 1.82) is 0 Å². The molecule has 4 heteroatoms. The molecule has 1 aliphatic carbocycles. The molecule has 3 aromatic carbocycles. The van der Waals surface area contributed by atoms with Crippen LogP contribution >= 0.6 is 0 Å². The second kappa shape index (κ2) is 11.8. The van der Waals surface area contributed by atoms with Gasteiger partial charge in [-0.05, 0) is 67.7 Å². The summed E-state index contributed by atoms with van der Waals surface area (Å²) in [6, 6.07) is 25.3. The number of phenolic OH excluding ortho intramolecular Hbond substituents is 1. The third-order valence-corrected chi connectivity index (χ3v) is 7.34. The zero-order chi connectivity index (χ0) is 22.3. The van der Waals surface area contributed by atoms with E-state index in [9.17, 15) is 5.11 Å². The van der Waals surface area contributed by atoms with Crippen molar-refractivity contribution in [1.82, 2.24) is 0 Å². The summed E-state index contributed by atoms with van der Waals surface area (Å²) >= 11 is 0. The molecular formula is C30H32Cl2OTi. The molecule has 0 aromatic heterocycles. The molecule has 1 N–H and O–H groups in total. The van der Waals surface area contributed by atoms with Crippen molar-refractivity contribution in [2.24, 2.45) is 0 Å². The Bertz CT molecular complexity index is 1170.